The predicted octanol–water partition coefficient (Wildman–Crippen LogP) is 1.39. The van der Waals surface area contributed by atoms with Crippen LogP contribution in [0.4, 0.5) is 0 Å². The monoisotopic (exact) mass is 229 g/mol. The van der Waals surface area contributed by atoms with E-state index in [4.69, 9.17) is 5.73 Å². The van der Waals surface area contributed by atoms with Gasteiger partial charge in [0.15, 0.2) is 0 Å². The minimum absolute atomic E-state index is 0.102. The van der Waals surface area contributed by atoms with Gasteiger partial charge in [-0.1, -0.05) is 6.42 Å². The number of rotatable bonds is 1. The van der Waals surface area contributed by atoms with Crippen molar-refractivity contribution in [2.75, 3.05) is 0 Å². The highest BCUT2D eigenvalue weighted by molar-refractivity contribution is 5.28. The molecule has 0 saturated heterocycles. The topological polar surface area (TPSA) is 69.6 Å². The summed E-state index contributed by atoms with van der Waals surface area (Å²) < 4.78 is 1.82. The number of aromatic nitrogens is 4. The van der Waals surface area contributed by atoms with E-state index in [2.05, 4.69) is 15.1 Å². The number of nitrogens with zero attached hydrogens (tertiary/aromatic N) is 4. The normalized spacial score (nSPS) is 19.7. The van der Waals surface area contributed by atoms with Gasteiger partial charge in [0.05, 0.1) is 11.9 Å². The number of hydrogen-bond acceptors (Lipinski definition) is 4. The summed E-state index contributed by atoms with van der Waals surface area (Å²) in [6.07, 6.45) is 9.68. The molecule has 0 spiro atoms. The van der Waals surface area contributed by atoms with Gasteiger partial charge in [0.25, 0.3) is 5.95 Å². The van der Waals surface area contributed by atoms with Crippen LogP contribution in [-0.4, -0.2) is 19.7 Å². The van der Waals surface area contributed by atoms with Crippen LogP contribution in [0.2, 0.25) is 0 Å². The Morgan fingerprint density at radius 2 is 2.06 bits per heavy atom. The second-order valence-electron chi connectivity index (χ2n) is 4.36. The lowest BCUT2D eigenvalue weighted by molar-refractivity contribution is 0.611. The molecule has 1 unspecified atom stereocenters. The van der Waals surface area contributed by atoms with Crippen LogP contribution in [0.5, 0.6) is 0 Å². The van der Waals surface area contributed by atoms with E-state index in [9.17, 15) is 0 Å². The highest BCUT2D eigenvalue weighted by Crippen LogP contribution is 2.27. The fourth-order valence-electron chi connectivity index (χ4n) is 2.33. The molecule has 5 heteroatoms. The molecule has 2 aromatic rings. The Morgan fingerprint density at radius 1 is 1.24 bits per heavy atom. The van der Waals surface area contributed by atoms with Gasteiger partial charge in [0.2, 0.25) is 0 Å². The van der Waals surface area contributed by atoms with Crippen molar-refractivity contribution < 1.29 is 0 Å². The van der Waals surface area contributed by atoms with E-state index in [1.54, 1.807) is 18.5 Å². The molecule has 1 aliphatic rings. The summed E-state index contributed by atoms with van der Waals surface area (Å²) in [5, 5.41) is 4.37. The highest BCUT2D eigenvalue weighted by atomic mass is 15.3. The molecule has 1 aliphatic carbocycles. The lowest BCUT2D eigenvalue weighted by Gasteiger charge is -2.08. The molecule has 0 aromatic carbocycles. The summed E-state index contributed by atoms with van der Waals surface area (Å²) in [7, 11) is 0. The molecule has 1 atom stereocenters. The van der Waals surface area contributed by atoms with Crippen LogP contribution in [0.25, 0.3) is 5.95 Å². The van der Waals surface area contributed by atoms with E-state index in [-0.39, 0.29) is 6.04 Å². The first kappa shape index (κ1) is 10.4. The van der Waals surface area contributed by atoms with Crippen LogP contribution in [0.1, 0.15) is 36.6 Å². The second-order valence-corrected chi connectivity index (χ2v) is 4.36. The molecule has 88 valence electrons. The van der Waals surface area contributed by atoms with Crippen molar-refractivity contribution in [1.29, 1.82) is 0 Å². The van der Waals surface area contributed by atoms with E-state index >= 15 is 0 Å². The van der Waals surface area contributed by atoms with E-state index in [0.717, 1.165) is 24.8 Å². The first-order valence-electron chi connectivity index (χ1n) is 5.96. The molecule has 2 N–H and O–H groups in total. The zero-order valence-electron chi connectivity index (χ0n) is 9.58. The average Bonchev–Trinajstić information content (AvgIpc) is 2.71. The van der Waals surface area contributed by atoms with Crippen molar-refractivity contribution in [3.05, 3.63) is 35.9 Å². The Balaban J connectivity index is 2.08. The van der Waals surface area contributed by atoms with E-state index in [1.807, 2.05) is 10.9 Å². The summed E-state index contributed by atoms with van der Waals surface area (Å²) in [5.74, 6) is 0.628. The van der Waals surface area contributed by atoms with Crippen molar-refractivity contribution in [2.24, 2.45) is 5.73 Å². The maximum atomic E-state index is 6.14. The fourth-order valence-corrected chi connectivity index (χ4v) is 2.33. The molecule has 0 fully saturated rings. The predicted molar refractivity (Wildman–Crippen MR) is 63.6 cm³/mol. The molecular weight excluding hydrogens is 214 g/mol. The average molecular weight is 229 g/mol. The molecule has 0 saturated carbocycles. The standard InChI is InChI=1S/C12H15N5/c13-10-4-1-2-5-11-9(10)8-16-17(11)12-14-6-3-7-15-12/h3,6-8,10H,1-2,4-5,13H2. The molecule has 0 amide bonds. The molecule has 3 rings (SSSR count). The van der Waals surface area contributed by atoms with Crippen molar-refractivity contribution in [2.45, 2.75) is 31.7 Å². The second kappa shape index (κ2) is 4.25. The maximum absolute atomic E-state index is 6.14. The van der Waals surface area contributed by atoms with Crippen LogP contribution in [-0.2, 0) is 6.42 Å². The zero-order valence-corrected chi connectivity index (χ0v) is 9.58. The van der Waals surface area contributed by atoms with Gasteiger partial charge in [-0.15, -0.1) is 0 Å². The lowest BCUT2D eigenvalue weighted by atomic mass is 10.1. The Morgan fingerprint density at radius 3 is 2.88 bits per heavy atom. The molecule has 2 heterocycles. The third-order valence-corrected chi connectivity index (χ3v) is 3.22. The van der Waals surface area contributed by atoms with Crippen molar-refractivity contribution in [1.82, 2.24) is 19.7 Å². The van der Waals surface area contributed by atoms with Gasteiger partial charge in [-0.25, -0.2) is 14.6 Å². The van der Waals surface area contributed by atoms with E-state index in [1.165, 1.54) is 12.1 Å². The number of hydrogen-bond donors (Lipinski definition) is 1. The Hall–Kier alpha value is -1.75. The smallest absolute Gasteiger partial charge is 0.250 e. The summed E-state index contributed by atoms with van der Waals surface area (Å²) in [6, 6.07) is 1.90. The first-order valence-corrected chi connectivity index (χ1v) is 5.96. The van der Waals surface area contributed by atoms with Gasteiger partial charge < -0.3 is 5.73 Å². The van der Waals surface area contributed by atoms with Crippen LogP contribution >= 0.6 is 0 Å². The van der Waals surface area contributed by atoms with Gasteiger partial charge in [-0.05, 0) is 25.3 Å². The van der Waals surface area contributed by atoms with Gasteiger partial charge >= 0.3 is 0 Å². The summed E-state index contributed by atoms with van der Waals surface area (Å²) in [5.41, 5.74) is 8.46. The molecule has 0 aliphatic heterocycles. The van der Waals surface area contributed by atoms with Crippen molar-refractivity contribution >= 4 is 0 Å². The third kappa shape index (κ3) is 1.82. The Bertz CT molecular complexity index is 505. The van der Waals surface area contributed by atoms with E-state index in [0.29, 0.717) is 5.95 Å². The first-order chi connectivity index (χ1) is 8.36. The SMILES string of the molecule is NC1CCCCc2c1cnn2-c1ncccn1. The number of nitrogens with two attached hydrogens (primary N) is 1. The zero-order chi connectivity index (χ0) is 11.7. The van der Waals surface area contributed by atoms with Crippen molar-refractivity contribution in [3.63, 3.8) is 0 Å². The number of fused-ring (bicyclic) bond motifs is 1. The molecule has 0 bridgehead atoms. The van der Waals surface area contributed by atoms with Crippen LogP contribution < -0.4 is 5.73 Å². The Labute approximate surface area is 99.7 Å². The van der Waals surface area contributed by atoms with Crippen LogP contribution in [0.15, 0.2) is 24.7 Å². The minimum Gasteiger partial charge on any atom is -0.324 e. The molecule has 0 radical (unpaired) electrons. The minimum atomic E-state index is 0.102. The maximum Gasteiger partial charge on any atom is 0.250 e. The molecule has 2 aromatic heterocycles. The quantitative estimate of drug-likeness (QED) is 0.750. The Kier molecular flexibility index (Phi) is 2.60. The fraction of sp³-hybridized carbons (Fsp3) is 0.417. The summed E-state index contributed by atoms with van der Waals surface area (Å²) >= 11 is 0. The molecule has 17 heavy (non-hydrogen) atoms. The highest BCUT2D eigenvalue weighted by Gasteiger charge is 2.21. The van der Waals surface area contributed by atoms with Crippen LogP contribution in [0.3, 0.4) is 0 Å². The van der Waals surface area contributed by atoms with Gasteiger partial charge in [0, 0.05) is 24.0 Å². The largest absolute Gasteiger partial charge is 0.324 e. The van der Waals surface area contributed by atoms with Crippen molar-refractivity contribution in [3.8, 4) is 5.95 Å². The molecular formula is C12H15N5. The lowest BCUT2D eigenvalue weighted by Crippen LogP contribution is -2.11. The summed E-state index contributed by atoms with van der Waals surface area (Å²) in [4.78, 5) is 8.47. The summed E-state index contributed by atoms with van der Waals surface area (Å²) in [6.45, 7) is 0. The molecule has 5 nitrogen and oxygen atoms in total. The van der Waals surface area contributed by atoms with Gasteiger partial charge in [0.1, 0.15) is 0 Å². The third-order valence-electron chi connectivity index (χ3n) is 3.22. The van der Waals surface area contributed by atoms with Gasteiger partial charge in [-0.3, -0.25) is 0 Å². The van der Waals surface area contributed by atoms with Gasteiger partial charge in [-0.2, -0.15) is 5.10 Å². The van der Waals surface area contributed by atoms with E-state index < -0.39 is 0 Å². The van der Waals surface area contributed by atoms with Crippen LogP contribution in [0, 0.1) is 0 Å².